The van der Waals surface area contributed by atoms with Crippen molar-refractivity contribution in [3.8, 4) is 0 Å². The van der Waals surface area contributed by atoms with Gasteiger partial charge in [0.2, 0.25) is 0 Å². The van der Waals surface area contributed by atoms with Gasteiger partial charge in [-0.2, -0.15) is 0 Å². The molecular weight excluding hydrogens is 250 g/mol. The van der Waals surface area contributed by atoms with Crippen LogP contribution in [0, 0.1) is 0 Å². The van der Waals surface area contributed by atoms with Gasteiger partial charge < -0.3 is 14.9 Å². The molecular formula is C16H29N3O. The first-order valence-electron chi connectivity index (χ1n) is 7.73. The highest BCUT2D eigenvalue weighted by Crippen LogP contribution is 2.16. The van der Waals surface area contributed by atoms with Crippen molar-refractivity contribution in [1.29, 1.82) is 0 Å². The molecule has 4 nitrogen and oxygen atoms in total. The topological polar surface area (TPSA) is 39.6 Å². The molecule has 0 spiro atoms. The van der Waals surface area contributed by atoms with Gasteiger partial charge in [-0.3, -0.25) is 0 Å². The maximum atomic E-state index is 9.51. The summed E-state index contributed by atoms with van der Waals surface area (Å²) in [5, 5.41) is 9.51. The highest BCUT2D eigenvalue weighted by molar-refractivity contribution is 5.39. The van der Waals surface area contributed by atoms with Crippen LogP contribution in [0.15, 0.2) is 18.3 Å². The first kappa shape index (κ1) is 16.9. The van der Waals surface area contributed by atoms with E-state index >= 15 is 0 Å². The van der Waals surface area contributed by atoms with Crippen LogP contribution in [0.25, 0.3) is 0 Å². The fraction of sp³-hybridized carbons (Fsp3) is 0.688. The molecule has 20 heavy (non-hydrogen) atoms. The summed E-state index contributed by atoms with van der Waals surface area (Å²) in [7, 11) is 0. The smallest absolute Gasteiger partial charge is 0.128 e. The average Bonchev–Trinajstić information content (AvgIpc) is 2.48. The Hall–Kier alpha value is -1.13. The third kappa shape index (κ3) is 5.10. The van der Waals surface area contributed by atoms with Crippen molar-refractivity contribution in [2.75, 3.05) is 37.6 Å². The molecule has 1 N–H and O–H groups in total. The number of nitrogens with zero attached hydrogens (tertiary/aromatic N) is 3. The fourth-order valence-corrected chi connectivity index (χ4v) is 2.29. The second-order valence-corrected chi connectivity index (χ2v) is 5.09. The molecule has 1 heterocycles. The first-order chi connectivity index (χ1) is 9.62. The lowest BCUT2D eigenvalue weighted by Gasteiger charge is -2.24. The monoisotopic (exact) mass is 279 g/mol. The molecule has 1 rings (SSSR count). The van der Waals surface area contributed by atoms with Crippen molar-refractivity contribution < 1.29 is 5.11 Å². The molecule has 1 unspecified atom stereocenters. The van der Waals surface area contributed by atoms with Gasteiger partial charge in [-0.15, -0.1) is 0 Å². The molecule has 0 radical (unpaired) electrons. The minimum Gasteiger partial charge on any atom is -0.389 e. The number of aromatic nitrogens is 1. The number of aliphatic hydroxyl groups excluding tert-OH is 1. The van der Waals surface area contributed by atoms with Crippen molar-refractivity contribution in [2.24, 2.45) is 0 Å². The first-order valence-corrected chi connectivity index (χ1v) is 7.73. The fourth-order valence-electron chi connectivity index (χ4n) is 2.29. The van der Waals surface area contributed by atoms with Crippen LogP contribution in [0.5, 0.6) is 0 Å². The van der Waals surface area contributed by atoms with Crippen LogP contribution in [-0.2, 0) is 0 Å². The summed E-state index contributed by atoms with van der Waals surface area (Å²) in [6, 6.07) is 3.96. The summed E-state index contributed by atoms with van der Waals surface area (Å²) in [4.78, 5) is 9.19. The molecule has 0 aliphatic carbocycles. The number of rotatable bonds is 9. The van der Waals surface area contributed by atoms with Crippen LogP contribution in [0.3, 0.4) is 0 Å². The summed E-state index contributed by atoms with van der Waals surface area (Å²) >= 11 is 0. The van der Waals surface area contributed by atoms with E-state index in [0.717, 1.165) is 50.5 Å². The Kier molecular flexibility index (Phi) is 7.55. The molecule has 0 bridgehead atoms. The summed E-state index contributed by atoms with van der Waals surface area (Å²) in [5.41, 5.74) is 0.868. The molecule has 4 heteroatoms. The molecule has 1 aromatic rings. The van der Waals surface area contributed by atoms with Crippen molar-refractivity contribution in [2.45, 2.75) is 40.2 Å². The molecule has 0 amide bonds. The Labute approximate surface area is 123 Å². The van der Waals surface area contributed by atoms with Crippen molar-refractivity contribution in [3.05, 3.63) is 23.9 Å². The molecule has 0 saturated carbocycles. The molecule has 0 aliphatic heterocycles. The van der Waals surface area contributed by atoms with Crippen LogP contribution in [0.2, 0.25) is 0 Å². The van der Waals surface area contributed by atoms with Crippen molar-refractivity contribution in [3.63, 3.8) is 0 Å². The van der Waals surface area contributed by atoms with Gasteiger partial charge in [0.1, 0.15) is 5.82 Å². The van der Waals surface area contributed by atoms with E-state index in [0.29, 0.717) is 0 Å². The maximum Gasteiger partial charge on any atom is 0.128 e. The van der Waals surface area contributed by atoms with E-state index in [1.807, 2.05) is 12.1 Å². The largest absolute Gasteiger partial charge is 0.389 e. The average molecular weight is 279 g/mol. The zero-order valence-electron chi connectivity index (χ0n) is 13.3. The SMILES string of the molecule is CCN(CC)CCCN(CC)c1ccc(C(C)O)cn1. The van der Waals surface area contributed by atoms with Gasteiger partial charge in [0.25, 0.3) is 0 Å². The lowest BCUT2D eigenvalue weighted by atomic mass is 10.2. The zero-order valence-corrected chi connectivity index (χ0v) is 13.3. The summed E-state index contributed by atoms with van der Waals surface area (Å²) in [6.07, 6.45) is 2.47. The Morgan fingerprint density at radius 3 is 2.25 bits per heavy atom. The normalized spacial score (nSPS) is 12.7. The van der Waals surface area contributed by atoms with Gasteiger partial charge in [0, 0.05) is 19.3 Å². The third-order valence-electron chi connectivity index (χ3n) is 3.76. The van der Waals surface area contributed by atoms with Gasteiger partial charge in [0.05, 0.1) is 6.10 Å². The van der Waals surface area contributed by atoms with Crippen LogP contribution < -0.4 is 4.90 Å². The standard InChI is InChI=1S/C16H29N3O/c1-5-18(6-2)11-8-12-19(7-3)16-10-9-15(13-17-16)14(4)20/h9-10,13-14,20H,5-8,11-12H2,1-4H3. The van der Waals surface area contributed by atoms with E-state index in [4.69, 9.17) is 0 Å². The minimum atomic E-state index is -0.450. The summed E-state index contributed by atoms with van der Waals surface area (Å²) in [5.74, 6) is 0.997. The van der Waals surface area contributed by atoms with E-state index in [2.05, 4.69) is 35.6 Å². The third-order valence-corrected chi connectivity index (χ3v) is 3.76. The number of pyridine rings is 1. The molecule has 0 aromatic carbocycles. The number of hydrogen-bond donors (Lipinski definition) is 1. The van der Waals surface area contributed by atoms with E-state index in [1.54, 1.807) is 13.1 Å². The van der Waals surface area contributed by atoms with Gasteiger partial charge in [-0.1, -0.05) is 19.9 Å². The Morgan fingerprint density at radius 1 is 1.10 bits per heavy atom. The van der Waals surface area contributed by atoms with E-state index in [1.165, 1.54) is 0 Å². The van der Waals surface area contributed by atoms with Crippen molar-refractivity contribution >= 4 is 5.82 Å². The Bertz CT molecular complexity index is 360. The van der Waals surface area contributed by atoms with Gasteiger partial charge >= 0.3 is 0 Å². The predicted molar refractivity (Wildman–Crippen MR) is 85.2 cm³/mol. The number of aliphatic hydroxyl groups is 1. The predicted octanol–water partition coefficient (Wildman–Crippen LogP) is 2.69. The second-order valence-electron chi connectivity index (χ2n) is 5.09. The number of anilines is 1. The van der Waals surface area contributed by atoms with Gasteiger partial charge in [-0.25, -0.2) is 4.98 Å². The highest BCUT2D eigenvalue weighted by atomic mass is 16.3. The molecule has 1 aromatic heterocycles. The Balaban J connectivity index is 2.53. The molecule has 0 aliphatic rings. The molecule has 0 fully saturated rings. The van der Waals surface area contributed by atoms with Crippen LogP contribution >= 0.6 is 0 Å². The highest BCUT2D eigenvalue weighted by Gasteiger charge is 2.08. The molecule has 1 atom stereocenters. The quantitative estimate of drug-likeness (QED) is 0.754. The lowest BCUT2D eigenvalue weighted by molar-refractivity contribution is 0.199. The molecule has 114 valence electrons. The number of hydrogen-bond acceptors (Lipinski definition) is 4. The van der Waals surface area contributed by atoms with Gasteiger partial charge in [0.15, 0.2) is 0 Å². The lowest BCUT2D eigenvalue weighted by Crippen LogP contribution is -2.30. The second kappa shape index (κ2) is 8.93. The minimum absolute atomic E-state index is 0.450. The zero-order chi connectivity index (χ0) is 15.0. The summed E-state index contributed by atoms with van der Waals surface area (Å²) in [6.45, 7) is 13.7. The van der Waals surface area contributed by atoms with E-state index in [-0.39, 0.29) is 0 Å². The van der Waals surface area contributed by atoms with Crippen LogP contribution in [0.1, 0.15) is 45.8 Å². The summed E-state index contributed by atoms with van der Waals surface area (Å²) < 4.78 is 0. The maximum absolute atomic E-state index is 9.51. The Morgan fingerprint density at radius 2 is 1.80 bits per heavy atom. The van der Waals surface area contributed by atoms with E-state index < -0.39 is 6.10 Å². The van der Waals surface area contributed by atoms with Crippen LogP contribution in [-0.4, -0.2) is 47.7 Å². The molecule has 0 saturated heterocycles. The van der Waals surface area contributed by atoms with Gasteiger partial charge in [-0.05, 0) is 51.5 Å². The van der Waals surface area contributed by atoms with Crippen molar-refractivity contribution in [1.82, 2.24) is 9.88 Å². The van der Waals surface area contributed by atoms with Crippen LogP contribution in [0.4, 0.5) is 5.82 Å². The van der Waals surface area contributed by atoms with E-state index in [9.17, 15) is 5.11 Å².